The Labute approximate surface area is 294 Å². The highest BCUT2D eigenvalue weighted by atomic mass is 32.2. The van der Waals surface area contributed by atoms with Crippen molar-refractivity contribution in [2.24, 2.45) is 11.1 Å². The van der Waals surface area contributed by atoms with Crippen LogP contribution in [-0.2, 0) is 35.7 Å². The largest absolute Gasteiger partial charge is 0.493 e. The molecule has 3 heterocycles. The first-order valence-electron chi connectivity index (χ1n) is 15.1. The Morgan fingerprint density at radius 1 is 0.920 bits per heavy atom. The van der Waals surface area contributed by atoms with Gasteiger partial charge in [0.1, 0.15) is 11.8 Å². The molecule has 1 aromatic heterocycles. The molecule has 1 fully saturated rings. The second-order valence-corrected chi connectivity index (χ2v) is 14.9. The molecule has 6 rings (SSSR count). The van der Waals surface area contributed by atoms with Crippen molar-refractivity contribution in [3.8, 4) is 11.5 Å². The molecule has 3 N–H and O–H groups in total. The number of fused-ring (bicyclic) bond motifs is 2. The van der Waals surface area contributed by atoms with Gasteiger partial charge in [-0.05, 0) is 73.2 Å². The van der Waals surface area contributed by atoms with E-state index in [-0.39, 0.29) is 28.4 Å². The molecule has 0 bridgehead atoms. The molecule has 14 nitrogen and oxygen atoms in total. The number of rotatable bonds is 10. The maximum Gasteiger partial charge on any atom is 0.338 e. The highest BCUT2D eigenvalue weighted by molar-refractivity contribution is 8.00. The number of nitrogens with zero attached hydrogens (tertiary/aromatic N) is 2. The van der Waals surface area contributed by atoms with Gasteiger partial charge in [-0.15, -0.1) is 0 Å². The van der Waals surface area contributed by atoms with E-state index in [0.717, 1.165) is 28.0 Å². The Kier molecular flexibility index (Phi) is 9.58. The van der Waals surface area contributed by atoms with Gasteiger partial charge in [-0.3, -0.25) is 23.7 Å². The lowest BCUT2D eigenvalue weighted by Gasteiger charge is -2.31. The monoisotopic (exact) mass is 738 g/mol. The van der Waals surface area contributed by atoms with Gasteiger partial charge in [0, 0.05) is 16.5 Å². The van der Waals surface area contributed by atoms with Crippen LogP contribution in [0.3, 0.4) is 0 Å². The lowest BCUT2D eigenvalue weighted by Crippen LogP contribution is -2.33. The predicted molar refractivity (Wildman–Crippen MR) is 184 cm³/mol. The average Bonchev–Trinajstić information content (AvgIpc) is 3.53. The lowest BCUT2D eigenvalue weighted by molar-refractivity contribution is -0.122. The van der Waals surface area contributed by atoms with Crippen molar-refractivity contribution in [2.75, 3.05) is 31.0 Å². The van der Waals surface area contributed by atoms with Gasteiger partial charge in [-0.25, -0.2) is 23.3 Å². The van der Waals surface area contributed by atoms with Crippen LogP contribution < -0.4 is 29.7 Å². The van der Waals surface area contributed by atoms with Crippen molar-refractivity contribution in [1.29, 1.82) is 0 Å². The number of anilines is 2. The molecule has 2 aliphatic rings. The van der Waals surface area contributed by atoms with Crippen LogP contribution in [0.1, 0.15) is 33.6 Å². The van der Waals surface area contributed by atoms with Crippen molar-refractivity contribution < 1.29 is 41.8 Å². The van der Waals surface area contributed by atoms with Crippen molar-refractivity contribution in [3.05, 3.63) is 92.4 Å². The molecule has 3 atom stereocenters. The number of imide groups is 1. The second kappa shape index (κ2) is 13.7. The molecular formula is C33H30N4O10S3. The number of amides is 3. The van der Waals surface area contributed by atoms with Gasteiger partial charge < -0.3 is 19.5 Å². The van der Waals surface area contributed by atoms with E-state index in [1.807, 2.05) is 0 Å². The smallest absolute Gasteiger partial charge is 0.338 e. The minimum absolute atomic E-state index is 0.134. The van der Waals surface area contributed by atoms with E-state index < -0.39 is 62.2 Å². The van der Waals surface area contributed by atoms with Gasteiger partial charge in [-0.2, -0.15) is 0 Å². The van der Waals surface area contributed by atoms with E-state index in [2.05, 4.69) is 5.32 Å². The second-order valence-electron chi connectivity index (χ2n) is 11.2. The van der Waals surface area contributed by atoms with Crippen LogP contribution in [0.4, 0.5) is 11.4 Å². The van der Waals surface area contributed by atoms with Crippen LogP contribution in [-0.4, -0.2) is 62.8 Å². The van der Waals surface area contributed by atoms with Gasteiger partial charge in [0.05, 0.1) is 47.9 Å². The molecular weight excluding hydrogens is 709 g/mol. The summed E-state index contributed by atoms with van der Waals surface area (Å²) in [5, 5.41) is 7.19. The van der Waals surface area contributed by atoms with E-state index in [1.54, 1.807) is 25.1 Å². The standard InChI is InChI=1S/C33H30N4O10S3/c1-4-47-32(41)17-5-10-20(11-6-17)37-29(39)26-25(18-7-14-22(45-2)23(15-18)46-3)28-31(48-27(26)30(37)40)36(33(42)49-28)16-24(38)35-19-8-12-21(13-9-19)50(34,43)44/h5-15,25-27H,4,16H2,1-3H3,(H,35,38)(H2,34,43,44). The average molecular weight is 739 g/mol. The van der Waals surface area contributed by atoms with Gasteiger partial charge >= 0.3 is 10.8 Å². The molecule has 1 saturated heterocycles. The van der Waals surface area contributed by atoms with Crippen LogP contribution in [0.5, 0.6) is 11.5 Å². The van der Waals surface area contributed by atoms with Crippen LogP contribution >= 0.6 is 23.1 Å². The first-order valence-corrected chi connectivity index (χ1v) is 18.3. The Balaban J connectivity index is 1.38. The van der Waals surface area contributed by atoms with Crippen molar-refractivity contribution in [1.82, 2.24) is 4.57 Å². The number of hydrogen-bond acceptors (Lipinski definition) is 12. The van der Waals surface area contributed by atoms with E-state index in [1.165, 1.54) is 67.3 Å². The Morgan fingerprint density at radius 3 is 2.22 bits per heavy atom. The summed E-state index contributed by atoms with van der Waals surface area (Å²) in [6.07, 6.45) is 0. The normalized spacial score (nSPS) is 18.3. The van der Waals surface area contributed by atoms with E-state index in [4.69, 9.17) is 19.3 Å². The fourth-order valence-electron chi connectivity index (χ4n) is 5.95. The number of hydrogen-bond donors (Lipinski definition) is 2. The number of thioether (sulfide) groups is 1. The number of nitrogens with two attached hydrogens (primary N) is 1. The highest BCUT2D eigenvalue weighted by Crippen LogP contribution is 2.54. The topological polar surface area (TPSA) is 193 Å². The third kappa shape index (κ3) is 6.39. The number of carbonyl (C=O) groups is 4. The molecule has 260 valence electrons. The molecule has 3 aromatic carbocycles. The third-order valence-corrected chi connectivity index (χ3v) is 11.8. The Bertz CT molecular complexity index is 2180. The number of benzene rings is 3. The zero-order chi connectivity index (χ0) is 35.9. The summed E-state index contributed by atoms with van der Waals surface area (Å²) in [6.45, 7) is 1.45. The van der Waals surface area contributed by atoms with Gasteiger partial charge in [0.2, 0.25) is 27.7 Å². The molecule has 4 aromatic rings. The zero-order valence-corrected chi connectivity index (χ0v) is 29.2. The van der Waals surface area contributed by atoms with E-state index >= 15 is 0 Å². The Hall–Kier alpha value is -4.97. The SMILES string of the molecule is CCOC(=O)c1ccc(N2C(=O)C3Sc4c(sc(=O)n4CC(=O)Nc4ccc(S(N)(=O)=O)cc4)C(c4ccc(OC)c(OC)c4)C3C2=O)cc1. The summed E-state index contributed by atoms with van der Waals surface area (Å²) in [5.74, 6) is -3.02. The van der Waals surface area contributed by atoms with Crippen LogP contribution in [0.15, 0.2) is 81.4 Å². The summed E-state index contributed by atoms with van der Waals surface area (Å²) in [6, 6.07) is 16.3. The lowest BCUT2D eigenvalue weighted by atomic mass is 9.83. The molecule has 17 heteroatoms. The number of sulfonamides is 1. The first kappa shape index (κ1) is 34.9. The minimum Gasteiger partial charge on any atom is -0.493 e. The van der Waals surface area contributed by atoms with Crippen molar-refractivity contribution in [3.63, 3.8) is 0 Å². The number of methoxy groups -OCH3 is 2. The Morgan fingerprint density at radius 2 is 1.60 bits per heavy atom. The zero-order valence-electron chi connectivity index (χ0n) is 26.8. The minimum atomic E-state index is -3.93. The summed E-state index contributed by atoms with van der Waals surface area (Å²) in [5.41, 5.74) is 1.39. The highest BCUT2D eigenvalue weighted by Gasteiger charge is 2.57. The number of ether oxygens (including phenoxy) is 3. The number of nitrogens with one attached hydrogen (secondary N) is 1. The predicted octanol–water partition coefficient (Wildman–Crippen LogP) is 3.19. The van der Waals surface area contributed by atoms with Crippen molar-refractivity contribution >= 4 is 68.2 Å². The van der Waals surface area contributed by atoms with E-state index in [9.17, 15) is 32.4 Å². The maximum absolute atomic E-state index is 14.3. The third-order valence-electron chi connectivity index (χ3n) is 8.22. The summed E-state index contributed by atoms with van der Waals surface area (Å²) in [7, 11) is -0.983. The quantitative estimate of drug-likeness (QED) is 0.179. The number of primary sulfonamides is 1. The molecule has 2 aliphatic heterocycles. The summed E-state index contributed by atoms with van der Waals surface area (Å²) >= 11 is 1.92. The number of carbonyl (C=O) groups excluding carboxylic acids is 4. The number of esters is 1. The van der Waals surface area contributed by atoms with E-state index in [0.29, 0.717) is 27.0 Å². The molecule has 3 amide bonds. The first-order chi connectivity index (χ1) is 23.9. The fraction of sp³-hybridized carbons (Fsp3) is 0.242. The summed E-state index contributed by atoms with van der Waals surface area (Å²) in [4.78, 5) is 68.2. The molecule has 0 spiro atoms. The number of thiazole rings is 1. The molecule has 0 radical (unpaired) electrons. The molecule has 3 unspecified atom stereocenters. The van der Waals surface area contributed by atoms with Gasteiger partial charge in [0.15, 0.2) is 11.5 Å². The van der Waals surface area contributed by atoms with Crippen molar-refractivity contribution in [2.45, 2.75) is 34.6 Å². The van der Waals surface area contributed by atoms with Gasteiger partial charge in [-0.1, -0.05) is 29.2 Å². The van der Waals surface area contributed by atoms with Crippen LogP contribution in [0, 0.1) is 5.92 Å². The van der Waals surface area contributed by atoms with Gasteiger partial charge in [0.25, 0.3) is 0 Å². The van der Waals surface area contributed by atoms with Crippen LogP contribution in [0.2, 0.25) is 0 Å². The molecule has 50 heavy (non-hydrogen) atoms. The molecule has 0 saturated carbocycles. The number of aromatic nitrogens is 1. The summed E-state index contributed by atoms with van der Waals surface area (Å²) < 4.78 is 40.5. The van der Waals surface area contributed by atoms with Crippen LogP contribution in [0.25, 0.3) is 0 Å². The molecule has 0 aliphatic carbocycles. The fourth-order valence-corrected chi connectivity index (χ4v) is 9.24. The maximum atomic E-state index is 14.3.